The summed E-state index contributed by atoms with van der Waals surface area (Å²) in [7, 11) is 0. The third-order valence-electron chi connectivity index (χ3n) is 4.78. The number of carboxylic acids is 1. The molecule has 2 atom stereocenters. The highest BCUT2D eigenvalue weighted by Gasteiger charge is 2.42. The third kappa shape index (κ3) is 7.22. The van der Waals surface area contributed by atoms with E-state index in [1.807, 2.05) is 0 Å². The molecule has 1 fully saturated rings. The summed E-state index contributed by atoms with van der Waals surface area (Å²) >= 11 is 0.979. The van der Waals surface area contributed by atoms with Crippen molar-refractivity contribution in [3.63, 3.8) is 0 Å². The molecule has 37 heavy (non-hydrogen) atoms. The molecule has 1 aliphatic heterocycles. The van der Waals surface area contributed by atoms with Crippen molar-refractivity contribution in [2.24, 2.45) is 5.16 Å². The first-order chi connectivity index (χ1) is 17.1. The molecule has 1 unspecified atom stereocenters. The maximum atomic E-state index is 13.2. The summed E-state index contributed by atoms with van der Waals surface area (Å²) in [5.74, 6) is -2.02. The van der Waals surface area contributed by atoms with E-state index in [2.05, 4.69) is 36.2 Å². The van der Waals surface area contributed by atoms with Crippen molar-refractivity contribution in [2.75, 3.05) is 5.32 Å². The monoisotopic (exact) mass is 536 g/mol. The summed E-state index contributed by atoms with van der Waals surface area (Å²) in [5, 5.41) is 26.5. The molecule has 0 saturated carbocycles. The van der Waals surface area contributed by atoms with E-state index in [9.17, 15) is 24.3 Å². The van der Waals surface area contributed by atoms with Gasteiger partial charge in [-0.15, -0.1) is 11.3 Å². The number of anilines is 1. The first-order valence-electron chi connectivity index (χ1n) is 11.1. The smallest absolute Gasteiger partial charge is 0.413 e. The van der Waals surface area contributed by atoms with Gasteiger partial charge in [-0.1, -0.05) is 5.16 Å². The predicted octanol–water partition coefficient (Wildman–Crippen LogP) is 0.657. The van der Waals surface area contributed by atoms with E-state index in [1.165, 1.54) is 30.2 Å². The molecule has 0 bridgehead atoms. The fraction of sp³-hybridized carbons (Fsp3) is 0.524. The van der Waals surface area contributed by atoms with Gasteiger partial charge in [0.1, 0.15) is 29.5 Å². The Hall–Kier alpha value is -4.08. The Morgan fingerprint density at radius 1 is 1.27 bits per heavy atom. The Balaban J connectivity index is 1.79. The molecular formula is C21H28N8O7S. The Bertz CT molecular complexity index is 1230. The number of ether oxygens (including phenoxy) is 1. The third-order valence-corrected chi connectivity index (χ3v) is 5.54. The Labute approximate surface area is 215 Å². The van der Waals surface area contributed by atoms with E-state index in [0.29, 0.717) is 5.82 Å². The summed E-state index contributed by atoms with van der Waals surface area (Å²) in [6, 6.07) is -1.40. The van der Waals surface area contributed by atoms with Gasteiger partial charge in [0.05, 0.1) is 12.6 Å². The number of oxime groups is 1. The summed E-state index contributed by atoms with van der Waals surface area (Å²) in [4.78, 5) is 62.2. The summed E-state index contributed by atoms with van der Waals surface area (Å²) < 4.78 is 6.72. The zero-order valence-corrected chi connectivity index (χ0v) is 21.9. The largest absolute Gasteiger partial charge is 0.478 e. The van der Waals surface area contributed by atoms with Gasteiger partial charge in [-0.05, 0) is 41.5 Å². The predicted molar refractivity (Wildman–Crippen MR) is 130 cm³/mol. The minimum atomic E-state index is -1.76. The van der Waals surface area contributed by atoms with Crippen molar-refractivity contribution >= 4 is 46.1 Å². The molecule has 0 aliphatic carbocycles. The topological polar surface area (TPSA) is 199 Å². The van der Waals surface area contributed by atoms with E-state index >= 15 is 0 Å². The van der Waals surface area contributed by atoms with Crippen LogP contribution < -0.4 is 16.0 Å². The number of aliphatic carboxylic acids is 1. The molecule has 0 spiro atoms. The van der Waals surface area contributed by atoms with Gasteiger partial charge < -0.3 is 25.3 Å². The van der Waals surface area contributed by atoms with Crippen LogP contribution in [0.4, 0.5) is 9.93 Å². The number of carbonyl (C=O) groups is 4. The maximum Gasteiger partial charge on any atom is 0.413 e. The van der Waals surface area contributed by atoms with E-state index in [4.69, 9.17) is 9.57 Å². The normalized spacial score (nSPS) is 17.9. The fourth-order valence-corrected chi connectivity index (χ4v) is 3.56. The molecule has 0 radical (unpaired) electrons. The summed E-state index contributed by atoms with van der Waals surface area (Å²) in [5.41, 5.74) is -2.91. The van der Waals surface area contributed by atoms with Crippen LogP contribution in [-0.2, 0) is 30.5 Å². The van der Waals surface area contributed by atoms with Gasteiger partial charge in [0.15, 0.2) is 10.8 Å². The molecule has 3 amide bonds. The van der Waals surface area contributed by atoms with Crippen molar-refractivity contribution in [3.05, 3.63) is 23.2 Å². The lowest BCUT2D eigenvalue weighted by Crippen LogP contribution is -2.70. The summed E-state index contributed by atoms with van der Waals surface area (Å²) in [6.07, 6.45) is 0.749. The zero-order valence-electron chi connectivity index (χ0n) is 21.1. The van der Waals surface area contributed by atoms with E-state index < -0.39 is 52.9 Å². The Kier molecular flexibility index (Phi) is 7.80. The second-order valence-electron chi connectivity index (χ2n) is 9.59. The van der Waals surface area contributed by atoms with E-state index in [-0.39, 0.29) is 17.4 Å². The van der Waals surface area contributed by atoms with Gasteiger partial charge in [0.25, 0.3) is 5.91 Å². The quantitative estimate of drug-likeness (QED) is 0.200. The Morgan fingerprint density at radius 2 is 1.97 bits per heavy atom. The van der Waals surface area contributed by atoms with Crippen molar-refractivity contribution in [2.45, 2.75) is 71.4 Å². The number of hydrogen-bond donors (Lipinski definition) is 4. The second-order valence-corrected chi connectivity index (χ2v) is 10.4. The van der Waals surface area contributed by atoms with Crippen LogP contribution >= 0.6 is 11.3 Å². The van der Waals surface area contributed by atoms with Gasteiger partial charge >= 0.3 is 12.1 Å². The number of nitrogens with zero attached hydrogens (tertiary/aromatic N) is 5. The van der Waals surface area contributed by atoms with Crippen LogP contribution in [0, 0.1) is 6.92 Å². The van der Waals surface area contributed by atoms with Crippen LogP contribution in [0.25, 0.3) is 0 Å². The molecule has 4 N–H and O–H groups in total. The number of thiazole rings is 1. The molecular weight excluding hydrogens is 508 g/mol. The van der Waals surface area contributed by atoms with Gasteiger partial charge in [-0.25, -0.2) is 19.6 Å². The van der Waals surface area contributed by atoms with Crippen molar-refractivity contribution in [1.29, 1.82) is 0 Å². The van der Waals surface area contributed by atoms with Crippen molar-refractivity contribution < 1.29 is 33.9 Å². The number of amides is 3. The first kappa shape index (κ1) is 27.5. The number of carbonyl (C=O) groups excluding carboxylic acids is 3. The molecule has 2 aromatic heterocycles. The maximum absolute atomic E-state index is 13.2. The van der Waals surface area contributed by atoms with E-state index in [0.717, 1.165) is 11.3 Å². The van der Waals surface area contributed by atoms with Gasteiger partial charge in [-0.2, -0.15) is 5.10 Å². The van der Waals surface area contributed by atoms with Crippen LogP contribution in [0.15, 0.2) is 16.9 Å². The standard InChI is InChI=1S/C21H28N8O7S/c1-10-22-9-29(27-10)7-11-13(15(30)23-11)25-16(31)14(28-36-21(5,6)17(32)33)12-8-37-18(24-12)26-19(34)35-20(2,3)4/h8-9,11,13H,7H2,1-6H3,(H,23,30)(H,25,31)(H,32,33)(H,24,26,34)/b28-14-/t11-,13?/m0/s1. The molecule has 16 heteroatoms. The highest BCUT2D eigenvalue weighted by molar-refractivity contribution is 7.14. The zero-order chi connectivity index (χ0) is 27.5. The molecule has 1 saturated heterocycles. The first-order valence-corrected chi connectivity index (χ1v) is 12.0. The van der Waals surface area contributed by atoms with Crippen molar-refractivity contribution in [3.8, 4) is 0 Å². The van der Waals surface area contributed by atoms with Crippen LogP contribution in [0.2, 0.25) is 0 Å². The van der Waals surface area contributed by atoms with Crippen molar-refractivity contribution in [1.82, 2.24) is 30.4 Å². The molecule has 3 heterocycles. The highest BCUT2D eigenvalue weighted by Crippen LogP contribution is 2.20. The molecule has 1 aliphatic rings. The lowest BCUT2D eigenvalue weighted by Gasteiger charge is -2.36. The number of hydrogen-bond acceptors (Lipinski definition) is 11. The SMILES string of the molecule is Cc1ncn(C[C@@H]2NC(=O)C2NC(=O)/C(=N\OC(C)(C)C(=O)O)c2csc(NC(=O)OC(C)(C)C)n2)n1. The molecule has 2 aromatic rings. The lowest BCUT2D eigenvalue weighted by atomic mass is 9.98. The van der Waals surface area contributed by atoms with Gasteiger partial charge in [-0.3, -0.25) is 19.6 Å². The molecule has 0 aromatic carbocycles. The molecule has 200 valence electrons. The molecule has 15 nitrogen and oxygen atoms in total. The number of aryl methyl sites for hydroxylation is 1. The number of β-lactam (4-membered cyclic amide) rings is 1. The highest BCUT2D eigenvalue weighted by atomic mass is 32.1. The van der Waals surface area contributed by atoms with Crippen LogP contribution in [0.5, 0.6) is 0 Å². The minimum absolute atomic E-state index is 0.0158. The summed E-state index contributed by atoms with van der Waals surface area (Å²) in [6.45, 7) is 9.57. The lowest BCUT2D eigenvalue weighted by molar-refractivity contribution is -0.161. The van der Waals surface area contributed by atoms with Gasteiger partial charge in [0.2, 0.25) is 11.5 Å². The number of nitrogens with one attached hydrogen (secondary N) is 3. The molecule has 3 rings (SSSR count). The second kappa shape index (κ2) is 10.5. The van der Waals surface area contributed by atoms with Crippen LogP contribution in [-0.4, -0.2) is 77.7 Å². The van der Waals surface area contributed by atoms with Crippen LogP contribution in [0.3, 0.4) is 0 Å². The van der Waals surface area contributed by atoms with E-state index in [1.54, 1.807) is 27.7 Å². The average molecular weight is 537 g/mol. The number of aromatic nitrogens is 4. The fourth-order valence-electron chi connectivity index (χ4n) is 2.88. The van der Waals surface area contributed by atoms with Crippen LogP contribution in [0.1, 0.15) is 46.1 Å². The minimum Gasteiger partial charge on any atom is -0.478 e. The van der Waals surface area contributed by atoms with Gasteiger partial charge in [0, 0.05) is 5.38 Å². The number of carboxylic acid groups (broad SMARTS) is 1. The number of rotatable bonds is 9. The Morgan fingerprint density at radius 3 is 2.54 bits per heavy atom. The average Bonchev–Trinajstić information content (AvgIpc) is 3.39.